The zero-order chi connectivity index (χ0) is 21.0. The molecule has 150 valence electrons. The predicted octanol–water partition coefficient (Wildman–Crippen LogP) is 2.65. The van der Waals surface area contributed by atoms with Gasteiger partial charge in [-0.05, 0) is 74.7 Å². The number of halogens is 3. The monoisotopic (exact) mass is 717 g/mol. The molecule has 0 bridgehead atoms. The van der Waals surface area contributed by atoms with Crippen molar-refractivity contribution >= 4 is 103 Å². The molecule has 0 fully saturated rings. The van der Waals surface area contributed by atoms with Gasteiger partial charge in [0.05, 0.1) is 30.6 Å². The number of aliphatic hydroxyl groups is 1. The van der Waals surface area contributed by atoms with E-state index >= 15 is 0 Å². The maximum absolute atomic E-state index is 12.1. The van der Waals surface area contributed by atoms with Crippen LogP contribution in [-0.2, 0) is 24.1 Å². The lowest BCUT2D eigenvalue weighted by Gasteiger charge is -2.28. The predicted molar refractivity (Wildman–Crippen MR) is 125 cm³/mol. The molecule has 12 heteroatoms. The van der Waals surface area contributed by atoms with Gasteiger partial charge in [-0.25, -0.2) is 0 Å². The van der Waals surface area contributed by atoms with Crippen LogP contribution in [0.1, 0.15) is 20.8 Å². The van der Waals surface area contributed by atoms with E-state index in [2.05, 4.69) is 5.32 Å². The summed E-state index contributed by atoms with van der Waals surface area (Å²) in [7, 11) is 2.66. The summed E-state index contributed by atoms with van der Waals surface area (Å²) in [4.78, 5) is 46.6. The Morgan fingerprint density at radius 1 is 0.926 bits per heavy atom. The molecule has 0 heterocycles. The lowest BCUT2D eigenvalue weighted by atomic mass is 10.2. The molecule has 0 aliphatic heterocycles. The molecule has 0 saturated carbocycles. The Balaban J connectivity index is 3.90. The molecule has 0 aliphatic carbocycles. The Bertz CT molecular complexity index is 723. The zero-order valence-electron chi connectivity index (χ0n) is 15.1. The molecule has 27 heavy (non-hydrogen) atoms. The second-order valence-electron chi connectivity index (χ2n) is 5.17. The fourth-order valence-electron chi connectivity index (χ4n) is 2.09. The fourth-order valence-corrected chi connectivity index (χ4v) is 6.40. The highest BCUT2D eigenvalue weighted by molar-refractivity contribution is 14.1. The van der Waals surface area contributed by atoms with Gasteiger partial charge in [0, 0.05) is 13.8 Å². The zero-order valence-corrected chi connectivity index (χ0v) is 21.6. The first-order valence-corrected chi connectivity index (χ1v) is 10.6. The number of nitrogens with one attached hydrogen (secondary N) is 1. The van der Waals surface area contributed by atoms with Gasteiger partial charge in [-0.15, -0.1) is 0 Å². The molecule has 0 saturated heterocycles. The van der Waals surface area contributed by atoms with E-state index in [0.29, 0.717) is 27.8 Å². The Morgan fingerprint density at radius 3 is 1.56 bits per heavy atom. The van der Waals surface area contributed by atoms with Gasteiger partial charge in [0.1, 0.15) is 17.5 Å². The van der Waals surface area contributed by atoms with Crippen LogP contribution in [0, 0.1) is 10.7 Å². The number of rotatable bonds is 6. The van der Waals surface area contributed by atoms with E-state index in [4.69, 9.17) is 9.68 Å². The van der Waals surface area contributed by atoms with Gasteiger partial charge in [-0.1, -0.05) is 0 Å². The van der Waals surface area contributed by atoms with Crippen LogP contribution in [0.4, 0.5) is 17.1 Å². The quantitative estimate of drug-likeness (QED) is 0.347. The second kappa shape index (κ2) is 10.5. The summed E-state index contributed by atoms with van der Waals surface area (Å²) < 4.78 is 1.50. The molecule has 1 unspecified atom stereocenters. The van der Waals surface area contributed by atoms with Gasteiger partial charge in [0.25, 0.3) is 5.91 Å². The molecule has 9 nitrogen and oxygen atoms in total. The third kappa shape index (κ3) is 5.40. The molecule has 0 aromatic heterocycles. The topological polar surface area (TPSA) is 108 Å². The summed E-state index contributed by atoms with van der Waals surface area (Å²) in [5, 5.41) is 14.3. The third-order valence-corrected chi connectivity index (χ3v) is 6.36. The van der Waals surface area contributed by atoms with Crippen molar-refractivity contribution in [2.45, 2.75) is 26.9 Å². The van der Waals surface area contributed by atoms with Crippen LogP contribution < -0.4 is 15.4 Å². The highest BCUT2D eigenvalue weighted by Crippen LogP contribution is 2.45. The van der Waals surface area contributed by atoms with Gasteiger partial charge >= 0.3 is 0 Å². The number of carbonyl (C=O) groups is 3. The van der Waals surface area contributed by atoms with Gasteiger partial charge in [-0.3, -0.25) is 24.1 Å². The molecule has 0 aliphatic rings. The number of carbonyl (C=O) groups excluding carboxylic acids is 3. The average molecular weight is 717 g/mol. The van der Waals surface area contributed by atoms with Crippen LogP contribution in [0.5, 0.6) is 0 Å². The summed E-state index contributed by atoms with van der Waals surface area (Å²) in [6.07, 6.45) is -1.25. The van der Waals surface area contributed by atoms with Crippen LogP contribution in [0.2, 0.25) is 0 Å². The first-order chi connectivity index (χ1) is 12.5. The fraction of sp³-hybridized carbons (Fsp3) is 0.400. The summed E-state index contributed by atoms with van der Waals surface area (Å²) in [5.74, 6) is -1.44. The normalized spacial score (nSPS) is 11.7. The minimum atomic E-state index is -1.25. The highest BCUT2D eigenvalue weighted by Gasteiger charge is 2.31. The van der Waals surface area contributed by atoms with Crippen molar-refractivity contribution in [1.29, 1.82) is 0 Å². The van der Waals surface area contributed by atoms with E-state index in [1.54, 1.807) is 0 Å². The van der Waals surface area contributed by atoms with Gasteiger partial charge in [0.2, 0.25) is 11.8 Å². The van der Waals surface area contributed by atoms with Crippen LogP contribution in [-0.4, -0.2) is 43.2 Å². The number of aliphatic hydroxyl groups excluding tert-OH is 1. The van der Waals surface area contributed by atoms with E-state index < -0.39 is 23.8 Å². The van der Waals surface area contributed by atoms with Crippen LogP contribution in [0.25, 0.3) is 0 Å². The largest absolute Gasteiger partial charge is 0.384 e. The van der Waals surface area contributed by atoms with Gasteiger partial charge in [0.15, 0.2) is 0 Å². The minimum absolute atomic E-state index is 0.319. The summed E-state index contributed by atoms with van der Waals surface area (Å²) in [6.45, 7) is 3.97. The first-order valence-electron chi connectivity index (χ1n) is 7.38. The molecule has 1 aromatic carbocycles. The minimum Gasteiger partial charge on any atom is -0.384 e. The van der Waals surface area contributed by atoms with Crippen molar-refractivity contribution in [1.82, 2.24) is 0 Å². The highest BCUT2D eigenvalue weighted by atomic mass is 127. The lowest BCUT2D eigenvalue weighted by Crippen LogP contribution is -2.33. The standard InChI is InChI=1S/C15H18I3N3O6/c1-6(22)15(25)19-12-9(16)13(20(26-4)7(2)23)11(18)14(10(12)17)21(27-5)8(3)24/h6,22H,1-5H3,(H,19,25). The Labute approximate surface area is 197 Å². The lowest BCUT2D eigenvalue weighted by molar-refractivity contribution is -0.123. The van der Waals surface area contributed by atoms with Crippen molar-refractivity contribution in [2.24, 2.45) is 0 Å². The molecule has 1 aromatic rings. The summed E-state index contributed by atoms with van der Waals surface area (Å²) in [6, 6.07) is 0. The number of nitrogens with zero attached hydrogens (tertiary/aromatic N) is 2. The maximum Gasteiger partial charge on any atom is 0.252 e. The third-order valence-electron chi connectivity index (χ3n) is 3.24. The number of anilines is 3. The SMILES string of the molecule is CON(C(C)=O)c1c(I)c(NC(=O)C(C)O)c(I)c(N(OC)C(C)=O)c1I. The Kier molecular flexibility index (Phi) is 9.59. The molecule has 2 N–H and O–H groups in total. The number of benzene rings is 1. The summed E-state index contributed by atoms with van der Waals surface area (Å²) >= 11 is 5.91. The average Bonchev–Trinajstić information content (AvgIpc) is 2.57. The molecule has 3 amide bonds. The molecule has 1 atom stereocenters. The van der Waals surface area contributed by atoms with Crippen molar-refractivity contribution in [3.8, 4) is 0 Å². The number of hydroxylamine groups is 2. The maximum atomic E-state index is 12.1. The number of hydrogen-bond acceptors (Lipinski definition) is 6. The molecule has 0 spiro atoms. The second-order valence-corrected chi connectivity index (χ2v) is 8.41. The number of amides is 3. The van der Waals surface area contributed by atoms with E-state index in [9.17, 15) is 19.5 Å². The van der Waals surface area contributed by atoms with E-state index in [1.165, 1.54) is 35.0 Å². The molecular formula is C15H18I3N3O6. The molecular weight excluding hydrogens is 699 g/mol. The van der Waals surface area contributed by atoms with Crippen molar-refractivity contribution in [3.05, 3.63) is 10.7 Å². The van der Waals surface area contributed by atoms with Gasteiger partial charge < -0.3 is 10.4 Å². The Hall–Kier alpha value is -0.300. The van der Waals surface area contributed by atoms with Crippen molar-refractivity contribution < 1.29 is 29.2 Å². The Morgan fingerprint density at radius 2 is 1.30 bits per heavy atom. The van der Waals surface area contributed by atoms with Crippen LogP contribution in [0.3, 0.4) is 0 Å². The van der Waals surface area contributed by atoms with Gasteiger partial charge in [-0.2, -0.15) is 10.1 Å². The van der Waals surface area contributed by atoms with E-state index in [1.807, 2.05) is 67.8 Å². The first kappa shape index (κ1) is 24.7. The van der Waals surface area contributed by atoms with Crippen molar-refractivity contribution in [3.63, 3.8) is 0 Å². The smallest absolute Gasteiger partial charge is 0.252 e. The van der Waals surface area contributed by atoms with Crippen LogP contribution in [0.15, 0.2) is 0 Å². The number of hydrogen-bond donors (Lipinski definition) is 2. The molecule has 1 rings (SSSR count). The van der Waals surface area contributed by atoms with E-state index in [-0.39, 0.29) is 0 Å². The summed E-state index contributed by atoms with van der Waals surface area (Å²) in [5.41, 5.74) is 0.996. The van der Waals surface area contributed by atoms with E-state index in [0.717, 1.165) is 10.1 Å². The van der Waals surface area contributed by atoms with Crippen molar-refractivity contribution in [2.75, 3.05) is 29.7 Å². The molecule has 0 radical (unpaired) electrons. The van der Waals surface area contributed by atoms with Crippen LogP contribution >= 0.6 is 67.8 Å².